The van der Waals surface area contributed by atoms with Crippen LogP contribution in [0.3, 0.4) is 0 Å². The molecule has 0 aromatic heterocycles. The van der Waals surface area contributed by atoms with Gasteiger partial charge in [-0.3, -0.25) is 14.5 Å². The van der Waals surface area contributed by atoms with Crippen molar-refractivity contribution in [2.24, 2.45) is 88.8 Å². The van der Waals surface area contributed by atoms with Crippen molar-refractivity contribution in [1.82, 2.24) is 4.90 Å². The molecule has 7 saturated carbocycles. The second kappa shape index (κ2) is 8.23. The summed E-state index contributed by atoms with van der Waals surface area (Å²) >= 11 is 0. The maximum absolute atomic E-state index is 12.1. The molecule has 8 bridgehead atoms. The molecule has 4 heteroatoms. The number of fused-ring (bicyclic) bond motifs is 19. The summed E-state index contributed by atoms with van der Waals surface area (Å²) in [5.41, 5.74) is 0.601. The highest BCUT2D eigenvalue weighted by molar-refractivity contribution is 6.15. The highest BCUT2D eigenvalue weighted by Crippen LogP contribution is 2.69. The molecule has 0 spiro atoms. The molecule has 0 aromatic carbocycles. The summed E-state index contributed by atoms with van der Waals surface area (Å²) < 4.78 is 5.77. The van der Waals surface area contributed by atoms with E-state index in [2.05, 4.69) is 24.3 Å². The molecule has 2 heterocycles. The predicted molar refractivity (Wildman–Crippen MR) is 151 cm³/mol. The molecular formula is C36H45NO3. The van der Waals surface area contributed by atoms with E-state index in [4.69, 9.17) is 4.74 Å². The average molecular weight is 540 g/mol. The number of imide groups is 1. The van der Waals surface area contributed by atoms with Gasteiger partial charge < -0.3 is 4.74 Å². The number of hydrogen-bond donors (Lipinski definition) is 0. The molecular weight excluding hydrogens is 494 g/mol. The molecule has 17 atom stereocenters. The Bertz CT molecular complexity index is 1250. The number of rotatable bonds is 3. The minimum Gasteiger partial charge on any atom is -0.370 e. The van der Waals surface area contributed by atoms with E-state index < -0.39 is 0 Å². The number of epoxide rings is 1. The second-order valence-corrected chi connectivity index (χ2v) is 16.3. The third kappa shape index (κ3) is 3.18. The van der Waals surface area contributed by atoms with Gasteiger partial charge in [0.05, 0.1) is 12.2 Å². The van der Waals surface area contributed by atoms with E-state index in [1.54, 1.807) is 19.8 Å². The van der Waals surface area contributed by atoms with Crippen LogP contribution >= 0.6 is 0 Å². The van der Waals surface area contributed by atoms with Crippen LogP contribution in [0.15, 0.2) is 36.0 Å². The monoisotopic (exact) mass is 539 g/mol. The van der Waals surface area contributed by atoms with Crippen LogP contribution in [-0.4, -0.2) is 35.5 Å². The third-order valence-corrected chi connectivity index (χ3v) is 15.0. The molecule has 1 saturated heterocycles. The Morgan fingerprint density at radius 2 is 1.30 bits per heavy atom. The number of hydrogen-bond acceptors (Lipinski definition) is 3. The number of carbonyl (C=O) groups excluding carboxylic acids is 2. The largest absolute Gasteiger partial charge is 0.370 e. The van der Waals surface area contributed by atoms with E-state index >= 15 is 0 Å². The predicted octanol–water partition coefficient (Wildman–Crippen LogP) is 6.04. The Hall–Kier alpha value is -1.68. The smallest absolute Gasteiger partial charge is 0.256 e. The number of nitrogens with zero attached hydrogens (tertiary/aromatic N) is 1. The van der Waals surface area contributed by atoms with Crippen molar-refractivity contribution < 1.29 is 14.3 Å². The summed E-state index contributed by atoms with van der Waals surface area (Å²) in [6, 6.07) is 0. The topological polar surface area (TPSA) is 49.9 Å². The molecule has 2 amide bonds. The van der Waals surface area contributed by atoms with Crippen LogP contribution in [0.2, 0.25) is 0 Å². The summed E-state index contributed by atoms with van der Waals surface area (Å²) in [5.74, 6) is 14.0. The highest BCUT2D eigenvalue weighted by atomic mass is 16.6. The van der Waals surface area contributed by atoms with E-state index in [9.17, 15) is 9.59 Å². The van der Waals surface area contributed by atoms with Crippen LogP contribution < -0.4 is 0 Å². The zero-order chi connectivity index (χ0) is 26.4. The van der Waals surface area contributed by atoms with Crippen molar-refractivity contribution in [2.75, 3.05) is 6.54 Å². The van der Waals surface area contributed by atoms with Gasteiger partial charge in [-0.15, -0.1) is 0 Å². The SMILES string of the molecule is C1=CC2CC1C1C3CC(C4CCC5OC5C4)C(C3)C21.CC1=CC(=O)N(CC2CC3CC2C2C4C=CC(C4)C32)C1=O. The van der Waals surface area contributed by atoms with Gasteiger partial charge >= 0.3 is 0 Å². The molecule has 8 fully saturated rings. The Morgan fingerprint density at radius 1 is 0.675 bits per heavy atom. The van der Waals surface area contributed by atoms with Crippen molar-refractivity contribution in [3.8, 4) is 0 Å². The number of carbonyl (C=O) groups is 2. The van der Waals surface area contributed by atoms with Gasteiger partial charge in [-0.05, 0) is 153 Å². The van der Waals surface area contributed by atoms with Crippen molar-refractivity contribution in [2.45, 2.75) is 76.9 Å². The molecule has 0 radical (unpaired) electrons. The van der Waals surface area contributed by atoms with Gasteiger partial charge in [0.15, 0.2) is 0 Å². The summed E-state index contributed by atoms with van der Waals surface area (Å²) in [4.78, 5) is 25.6. The lowest BCUT2D eigenvalue weighted by atomic mass is 9.64. The minimum atomic E-state index is -0.0929. The molecule has 17 unspecified atom stereocenters. The van der Waals surface area contributed by atoms with Crippen LogP contribution in [-0.2, 0) is 14.3 Å². The Balaban J connectivity index is 0.000000110. The summed E-state index contributed by atoms with van der Waals surface area (Å²) in [6.45, 7) is 2.41. The van der Waals surface area contributed by atoms with Gasteiger partial charge in [-0.1, -0.05) is 24.3 Å². The standard InChI is InChI=1S/C18H21NO2.C18H24O/c1-9-4-15(20)19(18(9)21)8-13-6-12-7-14(13)17-11-3-2-10(5-11)16(12)17;1-2-11-5-10(1)17-12-6-13(14(7-12)18(11)17)9-3-4-15-16(8-9)19-15/h2-4,10-14,16-17H,5-8H2,1H3;1-2,9-18H,3-8H2. The van der Waals surface area contributed by atoms with Gasteiger partial charge in [0, 0.05) is 18.2 Å². The number of allylic oxidation sites excluding steroid dienone is 4. The Morgan fingerprint density at radius 3 is 1.98 bits per heavy atom. The van der Waals surface area contributed by atoms with E-state index in [1.165, 1.54) is 55.9 Å². The normalized spacial score (nSPS) is 58.0. The molecule has 4 nitrogen and oxygen atoms in total. The van der Waals surface area contributed by atoms with E-state index in [0.29, 0.717) is 30.2 Å². The fraction of sp³-hybridized carbons (Fsp3) is 0.778. The first kappa shape index (κ1) is 23.8. The van der Waals surface area contributed by atoms with Gasteiger partial charge in [-0.25, -0.2) is 0 Å². The van der Waals surface area contributed by atoms with Crippen molar-refractivity contribution in [1.29, 1.82) is 0 Å². The number of amides is 2. The molecule has 11 rings (SSSR count). The van der Waals surface area contributed by atoms with Crippen LogP contribution in [0.4, 0.5) is 0 Å². The quantitative estimate of drug-likeness (QED) is 0.190. The van der Waals surface area contributed by atoms with Crippen LogP contribution in [0, 0.1) is 88.8 Å². The fourth-order valence-corrected chi connectivity index (χ4v) is 13.8. The average Bonchev–Trinajstić information content (AvgIpc) is 3.74. The van der Waals surface area contributed by atoms with Crippen LogP contribution in [0.1, 0.15) is 64.7 Å². The fourth-order valence-electron chi connectivity index (χ4n) is 13.8. The molecule has 0 N–H and O–H groups in total. The van der Waals surface area contributed by atoms with Crippen molar-refractivity contribution in [3.05, 3.63) is 36.0 Å². The molecule has 2 aliphatic heterocycles. The van der Waals surface area contributed by atoms with Crippen LogP contribution in [0.25, 0.3) is 0 Å². The lowest BCUT2D eigenvalue weighted by Crippen LogP contribution is -2.40. The summed E-state index contributed by atoms with van der Waals surface area (Å²) in [6.07, 6.45) is 25.9. The lowest BCUT2D eigenvalue weighted by Gasteiger charge is -2.40. The molecule has 0 aromatic rings. The van der Waals surface area contributed by atoms with Gasteiger partial charge in [0.25, 0.3) is 11.8 Å². The maximum atomic E-state index is 12.1. The zero-order valence-corrected chi connectivity index (χ0v) is 23.9. The second-order valence-electron chi connectivity index (χ2n) is 16.3. The van der Waals surface area contributed by atoms with Crippen molar-refractivity contribution in [3.63, 3.8) is 0 Å². The lowest BCUT2D eigenvalue weighted by molar-refractivity contribution is -0.138. The maximum Gasteiger partial charge on any atom is 0.256 e. The third-order valence-electron chi connectivity index (χ3n) is 15.0. The molecule has 212 valence electrons. The van der Waals surface area contributed by atoms with Crippen LogP contribution in [0.5, 0.6) is 0 Å². The minimum absolute atomic E-state index is 0.0628. The van der Waals surface area contributed by atoms with E-state index in [-0.39, 0.29) is 11.8 Å². The zero-order valence-electron chi connectivity index (χ0n) is 23.9. The molecule has 11 aliphatic rings. The Kier molecular flexibility index (Phi) is 4.91. The first-order valence-electron chi connectivity index (χ1n) is 17.1. The van der Waals surface area contributed by atoms with E-state index in [0.717, 1.165) is 82.9 Å². The molecule has 9 aliphatic carbocycles. The van der Waals surface area contributed by atoms with Gasteiger partial charge in [0.2, 0.25) is 0 Å². The summed E-state index contributed by atoms with van der Waals surface area (Å²) in [5, 5.41) is 0. The van der Waals surface area contributed by atoms with Gasteiger partial charge in [-0.2, -0.15) is 0 Å². The number of ether oxygens (including phenoxy) is 1. The Labute approximate surface area is 239 Å². The first-order valence-corrected chi connectivity index (χ1v) is 17.1. The summed E-state index contributed by atoms with van der Waals surface area (Å²) in [7, 11) is 0. The highest BCUT2D eigenvalue weighted by Gasteiger charge is 2.63. The van der Waals surface area contributed by atoms with Crippen molar-refractivity contribution >= 4 is 11.8 Å². The first-order chi connectivity index (χ1) is 19.5. The van der Waals surface area contributed by atoms with E-state index in [1.807, 2.05) is 0 Å². The van der Waals surface area contributed by atoms with Gasteiger partial charge in [0.1, 0.15) is 0 Å². The molecule has 40 heavy (non-hydrogen) atoms.